The first kappa shape index (κ1) is 16.6. The van der Waals surface area contributed by atoms with Crippen molar-refractivity contribution in [1.82, 2.24) is 19.9 Å². The molecule has 1 aliphatic heterocycles. The van der Waals surface area contributed by atoms with E-state index in [1.54, 1.807) is 6.20 Å². The van der Waals surface area contributed by atoms with Crippen LogP contribution in [-0.4, -0.2) is 46.6 Å². The molecule has 128 valence electrons. The Morgan fingerprint density at radius 3 is 2.83 bits per heavy atom. The number of nitrogens with zero attached hydrogens (tertiary/aromatic N) is 4. The highest BCUT2D eigenvalue weighted by Crippen LogP contribution is 2.24. The lowest BCUT2D eigenvalue weighted by Gasteiger charge is -2.34. The van der Waals surface area contributed by atoms with Crippen LogP contribution in [-0.2, 0) is 0 Å². The van der Waals surface area contributed by atoms with Crippen LogP contribution in [0.4, 0.5) is 10.3 Å². The number of ether oxygens (including phenoxy) is 1. The zero-order valence-electron chi connectivity index (χ0n) is 13.8. The number of halogens is 1. The Kier molecular flexibility index (Phi) is 5.53. The Morgan fingerprint density at radius 2 is 2.12 bits per heavy atom. The first-order chi connectivity index (χ1) is 11.8. The predicted octanol–water partition coefficient (Wildman–Crippen LogP) is 2.66. The first-order valence-corrected chi connectivity index (χ1v) is 8.22. The van der Waals surface area contributed by atoms with Gasteiger partial charge in [0.1, 0.15) is 0 Å². The van der Waals surface area contributed by atoms with E-state index in [4.69, 9.17) is 4.74 Å². The predicted molar refractivity (Wildman–Crippen MR) is 89.4 cm³/mol. The van der Waals surface area contributed by atoms with Gasteiger partial charge in [-0.05, 0) is 37.6 Å². The second-order valence-electron chi connectivity index (χ2n) is 5.83. The van der Waals surface area contributed by atoms with E-state index < -0.39 is 5.82 Å². The Bertz CT molecular complexity index is 649. The van der Waals surface area contributed by atoms with E-state index in [0.717, 1.165) is 24.8 Å². The van der Waals surface area contributed by atoms with Crippen LogP contribution in [0.15, 0.2) is 30.7 Å². The lowest BCUT2D eigenvalue weighted by Crippen LogP contribution is -2.37. The molecule has 3 heterocycles. The summed E-state index contributed by atoms with van der Waals surface area (Å²) < 4.78 is 18.3. The van der Waals surface area contributed by atoms with E-state index in [1.807, 2.05) is 12.3 Å². The molecule has 0 bridgehead atoms. The van der Waals surface area contributed by atoms with Gasteiger partial charge in [-0.15, -0.1) is 0 Å². The lowest BCUT2D eigenvalue weighted by atomic mass is 10.0. The maximum absolute atomic E-state index is 13.4. The minimum atomic E-state index is -0.567. The van der Waals surface area contributed by atoms with Gasteiger partial charge in [0, 0.05) is 18.9 Å². The quantitative estimate of drug-likeness (QED) is 0.878. The van der Waals surface area contributed by atoms with E-state index in [9.17, 15) is 4.39 Å². The highest BCUT2D eigenvalue weighted by atomic mass is 19.1. The van der Waals surface area contributed by atoms with Crippen LogP contribution in [0.1, 0.15) is 30.9 Å². The van der Waals surface area contributed by atoms with E-state index in [-0.39, 0.29) is 11.9 Å². The minimum Gasteiger partial charge on any atom is -0.479 e. The summed E-state index contributed by atoms with van der Waals surface area (Å²) in [5.41, 5.74) is 1.15. The van der Waals surface area contributed by atoms with Crippen molar-refractivity contribution in [3.05, 3.63) is 42.1 Å². The molecule has 3 rings (SSSR count). The Morgan fingerprint density at radius 1 is 1.29 bits per heavy atom. The number of pyridine rings is 1. The largest absolute Gasteiger partial charge is 0.479 e. The minimum absolute atomic E-state index is 0.0524. The standard InChI is InChI=1S/C17H22FN5O/c1-24-16-14(18)11-20-17(22-16)21-12-15(13-6-5-7-19-10-13)23-8-3-2-4-9-23/h5-7,10-11,15H,2-4,8-9,12H2,1H3,(H,20,21,22). The van der Waals surface area contributed by atoms with Crippen molar-refractivity contribution in [2.75, 3.05) is 32.1 Å². The zero-order valence-corrected chi connectivity index (χ0v) is 13.8. The lowest BCUT2D eigenvalue weighted by molar-refractivity contribution is 0.170. The molecule has 7 heteroatoms. The topological polar surface area (TPSA) is 63.2 Å². The number of anilines is 1. The summed E-state index contributed by atoms with van der Waals surface area (Å²) in [6.45, 7) is 2.75. The summed E-state index contributed by atoms with van der Waals surface area (Å²) in [4.78, 5) is 14.7. The number of aromatic nitrogens is 3. The fourth-order valence-corrected chi connectivity index (χ4v) is 3.03. The average molecular weight is 331 g/mol. The summed E-state index contributed by atoms with van der Waals surface area (Å²) in [5, 5.41) is 3.20. The summed E-state index contributed by atoms with van der Waals surface area (Å²) in [7, 11) is 1.39. The monoisotopic (exact) mass is 331 g/mol. The fraction of sp³-hybridized carbons (Fsp3) is 0.471. The van der Waals surface area contributed by atoms with Crippen LogP contribution in [0.5, 0.6) is 5.88 Å². The fourth-order valence-electron chi connectivity index (χ4n) is 3.03. The van der Waals surface area contributed by atoms with Crippen molar-refractivity contribution in [1.29, 1.82) is 0 Å². The van der Waals surface area contributed by atoms with E-state index in [2.05, 4.69) is 31.2 Å². The number of hydrogen-bond acceptors (Lipinski definition) is 6. The normalized spacial score (nSPS) is 16.6. The molecule has 1 atom stereocenters. The number of nitrogens with one attached hydrogen (secondary N) is 1. The molecular weight excluding hydrogens is 309 g/mol. The Balaban J connectivity index is 1.74. The third-order valence-corrected chi connectivity index (χ3v) is 4.26. The van der Waals surface area contributed by atoms with Gasteiger partial charge in [-0.2, -0.15) is 9.37 Å². The summed E-state index contributed by atoms with van der Waals surface area (Å²) in [5.74, 6) is -0.259. The molecule has 1 fully saturated rings. The molecule has 1 aliphatic rings. The highest BCUT2D eigenvalue weighted by molar-refractivity contribution is 5.30. The molecule has 0 spiro atoms. The number of piperidine rings is 1. The third-order valence-electron chi connectivity index (χ3n) is 4.26. The molecule has 2 aromatic heterocycles. The number of rotatable bonds is 6. The smallest absolute Gasteiger partial charge is 0.255 e. The van der Waals surface area contributed by atoms with E-state index in [1.165, 1.54) is 26.4 Å². The third kappa shape index (κ3) is 3.97. The first-order valence-electron chi connectivity index (χ1n) is 8.22. The molecule has 0 aliphatic carbocycles. The molecule has 6 nitrogen and oxygen atoms in total. The van der Waals surface area contributed by atoms with Gasteiger partial charge in [0.25, 0.3) is 5.88 Å². The van der Waals surface area contributed by atoms with Crippen LogP contribution in [0.2, 0.25) is 0 Å². The van der Waals surface area contributed by atoms with Crippen LogP contribution in [0.25, 0.3) is 0 Å². The molecule has 0 radical (unpaired) electrons. The molecule has 1 saturated heterocycles. The van der Waals surface area contributed by atoms with Crippen molar-refractivity contribution in [3.8, 4) is 5.88 Å². The average Bonchev–Trinajstić information content (AvgIpc) is 2.65. The van der Waals surface area contributed by atoms with Crippen molar-refractivity contribution >= 4 is 5.95 Å². The summed E-state index contributed by atoms with van der Waals surface area (Å²) in [6, 6.07) is 4.21. The maximum Gasteiger partial charge on any atom is 0.255 e. The summed E-state index contributed by atoms with van der Waals surface area (Å²) >= 11 is 0. The van der Waals surface area contributed by atoms with Gasteiger partial charge in [0.2, 0.25) is 11.8 Å². The second-order valence-corrected chi connectivity index (χ2v) is 5.83. The van der Waals surface area contributed by atoms with Crippen LogP contribution in [0.3, 0.4) is 0 Å². The van der Waals surface area contributed by atoms with Gasteiger partial charge in [-0.1, -0.05) is 12.5 Å². The molecule has 24 heavy (non-hydrogen) atoms. The molecule has 1 N–H and O–H groups in total. The van der Waals surface area contributed by atoms with E-state index >= 15 is 0 Å². The number of hydrogen-bond donors (Lipinski definition) is 1. The Hall–Kier alpha value is -2.28. The van der Waals surface area contributed by atoms with Gasteiger partial charge >= 0.3 is 0 Å². The molecule has 0 saturated carbocycles. The van der Waals surface area contributed by atoms with Gasteiger partial charge in [-0.25, -0.2) is 4.98 Å². The maximum atomic E-state index is 13.4. The molecule has 0 amide bonds. The van der Waals surface area contributed by atoms with Gasteiger partial charge < -0.3 is 10.1 Å². The molecular formula is C17H22FN5O. The number of methoxy groups -OCH3 is 1. The van der Waals surface area contributed by atoms with Gasteiger partial charge in [-0.3, -0.25) is 9.88 Å². The van der Waals surface area contributed by atoms with Crippen LogP contribution in [0, 0.1) is 5.82 Å². The van der Waals surface area contributed by atoms with Crippen molar-refractivity contribution in [2.45, 2.75) is 25.3 Å². The van der Waals surface area contributed by atoms with Gasteiger partial charge in [0.05, 0.1) is 19.3 Å². The zero-order chi connectivity index (χ0) is 16.8. The molecule has 2 aromatic rings. The van der Waals surface area contributed by atoms with E-state index in [0.29, 0.717) is 12.5 Å². The molecule has 0 aromatic carbocycles. The molecule has 1 unspecified atom stereocenters. The van der Waals surface area contributed by atoms with Gasteiger partial charge in [0.15, 0.2) is 0 Å². The van der Waals surface area contributed by atoms with Crippen LogP contribution < -0.4 is 10.1 Å². The second kappa shape index (κ2) is 8.01. The highest BCUT2D eigenvalue weighted by Gasteiger charge is 2.22. The number of likely N-dealkylation sites (tertiary alicyclic amines) is 1. The van der Waals surface area contributed by atoms with Crippen LogP contribution >= 0.6 is 0 Å². The van der Waals surface area contributed by atoms with Crippen molar-refractivity contribution in [2.24, 2.45) is 0 Å². The SMILES string of the molecule is COc1nc(NCC(c2cccnc2)N2CCCCC2)ncc1F. The van der Waals surface area contributed by atoms with Crippen molar-refractivity contribution in [3.63, 3.8) is 0 Å². The van der Waals surface area contributed by atoms with Crippen molar-refractivity contribution < 1.29 is 9.13 Å². The Labute approximate surface area is 141 Å². The summed E-state index contributed by atoms with van der Waals surface area (Å²) in [6.07, 6.45) is 8.48.